The maximum Gasteiger partial charge on any atom is 0.132 e. The third kappa shape index (κ3) is 2.88. The molecule has 0 heterocycles. The lowest BCUT2D eigenvalue weighted by atomic mass is 10.2. The highest BCUT2D eigenvalue weighted by atomic mass is 35.5. The van der Waals surface area contributed by atoms with Crippen LogP contribution in [0.5, 0.6) is 11.5 Å². The molecular weight excluding hydrogens is 241 g/mol. The number of aryl methyl sites for hydroxylation is 1. The molecule has 2 aromatic rings. The number of anilines is 1. The molecule has 4 heteroatoms. The van der Waals surface area contributed by atoms with Crippen molar-refractivity contribution in [1.82, 2.24) is 0 Å². The molecule has 0 unspecified atom stereocenters. The van der Waals surface area contributed by atoms with E-state index in [1.165, 1.54) is 12.1 Å². The Kier molecular flexibility index (Phi) is 3.20. The van der Waals surface area contributed by atoms with Crippen LogP contribution in [0.1, 0.15) is 5.56 Å². The van der Waals surface area contributed by atoms with Crippen LogP contribution in [0.2, 0.25) is 5.02 Å². The van der Waals surface area contributed by atoms with Crippen molar-refractivity contribution in [1.29, 1.82) is 0 Å². The lowest BCUT2D eigenvalue weighted by Crippen LogP contribution is -1.91. The molecule has 2 nitrogen and oxygen atoms in total. The van der Waals surface area contributed by atoms with Gasteiger partial charge in [-0.2, -0.15) is 0 Å². The molecule has 0 aliphatic heterocycles. The molecule has 17 heavy (non-hydrogen) atoms. The van der Waals surface area contributed by atoms with E-state index in [-0.39, 0.29) is 0 Å². The topological polar surface area (TPSA) is 35.2 Å². The highest BCUT2D eigenvalue weighted by Crippen LogP contribution is 2.28. The van der Waals surface area contributed by atoms with Crippen molar-refractivity contribution in [3.05, 3.63) is 52.8 Å². The van der Waals surface area contributed by atoms with Crippen molar-refractivity contribution < 1.29 is 9.13 Å². The Bertz CT molecular complexity index is 537. The predicted octanol–water partition coefficient (Wildman–Crippen LogP) is 4.16. The van der Waals surface area contributed by atoms with Crippen molar-refractivity contribution >= 4 is 17.3 Å². The van der Waals surface area contributed by atoms with Crippen LogP contribution in [0.3, 0.4) is 0 Å². The van der Waals surface area contributed by atoms with Gasteiger partial charge in [-0.05, 0) is 36.8 Å². The summed E-state index contributed by atoms with van der Waals surface area (Å²) in [6.07, 6.45) is 0. The zero-order valence-corrected chi connectivity index (χ0v) is 9.96. The highest BCUT2D eigenvalue weighted by Gasteiger charge is 2.04. The average Bonchev–Trinajstić information content (AvgIpc) is 2.21. The molecule has 0 spiro atoms. The molecule has 0 amide bonds. The minimum Gasteiger partial charge on any atom is -0.457 e. The Morgan fingerprint density at radius 2 is 1.94 bits per heavy atom. The van der Waals surface area contributed by atoms with E-state index in [0.29, 0.717) is 22.2 Å². The van der Waals surface area contributed by atoms with Gasteiger partial charge in [0.15, 0.2) is 0 Å². The maximum atomic E-state index is 13.1. The molecule has 2 aromatic carbocycles. The second kappa shape index (κ2) is 4.63. The number of hydrogen-bond acceptors (Lipinski definition) is 2. The first-order valence-electron chi connectivity index (χ1n) is 5.04. The van der Waals surface area contributed by atoms with Crippen LogP contribution in [0.4, 0.5) is 10.1 Å². The first-order chi connectivity index (χ1) is 8.04. The standard InChI is InChI=1S/C13H11ClFNO/c1-8-4-9(14)2-3-13(8)17-12-6-10(15)5-11(16)7-12/h2-7H,16H2,1H3. The first kappa shape index (κ1) is 11.7. The van der Waals surface area contributed by atoms with Crippen LogP contribution < -0.4 is 10.5 Å². The molecule has 0 saturated heterocycles. The summed E-state index contributed by atoms with van der Waals surface area (Å²) in [4.78, 5) is 0. The van der Waals surface area contributed by atoms with Crippen LogP contribution in [-0.4, -0.2) is 0 Å². The van der Waals surface area contributed by atoms with E-state index in [1.54, 1.807) is 24.3 Å². The van der Waals surface area contributed by atoms with Crippen LogP contribution >= 0.6 is 11.6 Å². The molecule has 0 atom stereocenters. The molecule has 0 aliphatic rings. The quantitative estimate of drug-likeness (QED) is 0.814. The van der Waals surface area contributed by atoms with Gasteiger partial charge in [0.1, 0.15) is 17.3 Å². The predicted molar refractivity (Wildman–Crippen MR) is 67.1 cm³/mol. The summed E-state index contributed by atoms with van der Waals surface area (Å²) >= 11 is 5.83. The van der Waals surface area contributed by atoms with Crippen LogP contribution in [0, 0.1) is 12.7 Å². The number of ether oxygens (including phenoxy) is 1. The summed E-state index contributed by atoms with van der Waals surface area (Å²) in [7, 11) is 0. The van der Waals surface area contributed by atoms with Crippen molar-refractivity contribution in [2.24, 2.45) is 0 Å². The van der Waals surface area contributed by atoms with E-state index < -0.39 is 5.82 Å². The van der Waals surface area contributed by atoms with Crippen LogP contribution in [0.25, 0.3) is 0 Å². The Morgan fingerprint density at radius 1 is 1.18 bits per heavy atom. The van der Waals surface area contributed by atoms with Crippen LogP contribution in [0.15, 0.2) is 36.4 Å². The summed E-state index contributed by atoms with van der Waals surface area (Å²) in [5.74, 6) is 0.568. The smallest absolute Gasteiger partial charge is 0.132 e. The lowest BCUT2D eigenvalue weighted by Gasteiger charge is -2.09. The Morgan fingerprint density at radius 3 is 2.59 bits per heavy atom. The minimum absolute atomic E-state index is 0.326. The largest absolute Gasteiger partial charge is 0.457 e. The van der Waals surface area contributed by atoms with Gasteiger partial charge in [0.05, 0.1) is 0 Å². The van der Waals surface area contributed by atoms with Gasteiger partial charge >= 0.3 is 0 Å². The van der Waals surface area contributed by atoms with Gasteiger partial charge in [0.25, 0.3) is 0 Å². The van der Waals surface area contributed by atoms with Gasteiger partial charge in [-0.15, -0.1) is 0 Å². The number of hydrogen-bond donors (Lipinski definition) is 1. The van der Waals surface area contributed by atoms with Gasteiger partial charge in [0.2, 0.25) is 0 Å². The molecule has 0 radical (unpaired) electrons. The molecule has 0 aliphatic carbocycles. The molecule has 0 aromatic heterocycles. The molecule has 0 saturated carbocycles. The number of nitrogen functional groups attached to an aromatic ring is 1. The van der Waals surface area contributed by atoms with Crippen molar-refractivity contribution in [3.63, 3.8) is 0 Å². The zero-order chi connectivity index (χ0) is 12.4. The normalized spacial score (nSPS) is 10.3. The maximum absolute atomic E-state index is 13.1. The van der Waals surface area contributed by atoms with E-state index in [4.69, 9.17) is 22.1 Å². The summed E-state index contributed by atoms with van der Waals surface area (Å²) in [5.41, 5.74) is 6.74. The highest BCUT2D eigenvalue weighted by molar-refractivity contribution is 6.30. The SMILES string of the molecule is Cc1cc(Cl)ccc1Oc1cc(N)cc(F)c1. The fraction of sp³-hybridized carbons (Fsp3) is 0.0769. The first-order valence-corrected chi connectivity index (χ1v) is 5.42. The summed E-state index contributed by atoms with van der Waals surface area (Å²) < 4.78 is 18.7. The Labute approximate surface area is 104 Å². The number of halogens is 2. The Hall–Kier alpha value is -1.74. The monoisotopic (exact) mass is 251 g/mol. The summed E-state index contributed by atoms with van der Waals surface area (Å²) in [6.45, 7) is 1.86. The van der Waals surface area contributed by atoms with Gasteiger partial charge in [-0.3, -0.25) is 0 Å². The number of benzene rings is 2. The molecule has 2 rings (SSSR count). The van der Waals surface area contributed by atoms with E-state index >= 15 is 0 Å². The molecule has 2 N–H and O–H groups in total. The summed E-state index contributed by atoms with van der Waals surface area (Å²) in [5, 5.41) is 0.633. The van der Waals surface area contributed by atoms with E-state index in [2.05, 4.69) is 0 Å². The molecular formula is C13H11ClFNO. The van der Waals surface area contributed by atoms with Crippen molar-refractivity contribution in [2.75, 3.05) is 5.73 Å². The van der Waals surface area contributed by atoms with Gasteiger partial charge in [-0.1, -0.05) is 11.6 Å². The molecule has 0 fully saturated rings. The van der Waals surface area contributed by atoms with E-state index in [1.807, 2.05) is 6.92 Å². The van der Waals surface area contributed by atoms with Gasteiger partial charge in [0, 0.05) is 22.8 Å². The number of nitrogens with two attached hydrogens (primary N) is 1. The third-order valence-electron chi connectivity index (χ3n) is 2.26. The van der Waals surface area contributed by atoms with E-state index in [9.17, 15) is 4.39 Å². The second-order valence-corrected chi connectivity index (χ2v) is 4.17. The fourth-order valence-corrected chi connectivity index (χ4v) is 1.72. The van der Waals surface area contributed by atoms with Crippen LogP contribution in [-0.2, 0) is 0 Å². The number of rotatable bonds is 2. The van der Waals surface area contributed by atoms with Crippen molar-refractivity contribution in [3.8, 4) is 11.5 Å². The molecule has 0 bridgehead atoms. The second-order valence-electron chi connectivity index (χ2n) is 3.73. The Balaban J connectivity index is 2.31. The minimum atomic E-state index is -0.424. The lowest BCUT2D eigenvalue weighted by molar-refractivity contribution is 0.473. The average molecular weight is 252 g/mol. The van der Waals surface area contributed by atoms with E-state index in [0.717, 1.165) is 5.56 Å². The third-order valence-corrected chi connectivity index (χ3v) is 2.49. The fourth-order valence-electron chi connectivity index (χ4n) is 1.50. The van der Waals surface area contributed by atoms with Gasteiger partial charge < -0.3 is 10.5 Å². The summed E-state index contributed by atoms with van der Waals surface area (Å²) in [6, 6.07) is 9.31. The van der Waals surface area contributed by atoms with Crippen molar-refractivity contribution in [2.45, 2.75) is 6.92 Å². The van der Waals surface area contributed by atoms with Gasteiger partial charge in [-0.25, -0.2) is 4.39 Å². The molecule has 88 valence electrons. The zero-order valence-electron chi connectivity index (χ0n) is 9.21.